The number of likely N-dealkylation sites (tertiary alicyclic amines) is 1. The van der Waals surface area contributed by atoms with Crippen LogP contribution in [-0.2, 0) is 22.3 Å². The van der Waals surface area contributed by atoms with Gasteiger partial charge in [0.15, 0.2) is 0 Å². The average Bonchev–Trinajstić information content (AvgIpc) is 3.44. The summed E-state index contributed by atoms with van der Waals surface area (Å²) >= 11 is 0. The predicted octanol–water partition coefficient (Wildman–Crippen LogP) is 4.46. The van der Waals surface area contributed by atoms with Crippen LogP contribution in [0.3, 0.4) is 0 Å². The highest BCUT2D eigenvalue weighted by molar-refractivity contribution is 6.06. The van der Waals surface area contributed by atoms with Gasteiger partial charge in [0.2, 0.25) is 11.8 Å². The molecule has 2 N–H and O–H groups in total. The van der Waals surface area contributed by atoms with Crippen LogP contribution >= 0.6 is 0 Å². The lowest BCUT2D eigenvalue weighted by molar-refractivity contribution is -0.141. The molecule has 1 aromatic carbocycles. The monoisotopic (exact) mass is 621 g/mol. The highest BCUT2D eigenvalue weighted by atomic mass is 19.4. The Morgan fingerprint density at radius 2 is 1.87 bits per heavy atom. The van der Waals surface area contributed by atoms with Crippen molar-refractivity contribution in [2.75, 3.05) is 25.5 Å². The van der Waals surface area contributed by atoms with E-state index >= 15 is 0 Å². The average molecular weight is 622 g/mol. The molecule has 14 heteroatoms. The first-order chi connectivity index (χ1) is 21.6. The topological polar surface area (TPSA) is 131 Å². The molecule has 1 atom stereocenters. The predicted molar refractivity (Wildman–Crippen MR) is 156 cm³/mol. The molecule has 5 heterocycles. The van der Waals surface area contributed by atoms with E-state index in [9.17, 15) is 27.6 Å². The van der Waals surface area contributed by atoms with Crippen LogP contribution in [0.5, 0.6) is 5.75 Å². The molecule has 4 aromatic rings. The molecule has 45 heavy (non-hydrogen) atoms. The summed E-state index contributed by atoms with van der Waals surface area (Å²) in [5, 5.41) is 10.6. The van der Waals surface area contributed by atoms with Crippen molar-refractivity contribution in [2.24, 2.45) is 0 Å². The number of ether oxygens (including phenoxy) is 1. The number of nitrogens with one attached hydrogen (secondary N) is 2. The molecule has 6 rings (SSSR count). The third kappa shape index (κ3) is 6.65. The molecule has 2 aliphatic rings. The van der Waals surface area contributed by atoms with Gasteiger partial charge in [0.25, 0.3) is 5.91 Å². The van der Waals surface area contributed by atoms with Gasteiger partial charge in [-0.25, -0.2) is 0 Å². The van der Waals surface area contributed by atoms with E-state index in [2.05, 4.69) is 25.5 Å². The van der Waals surface area contributed by atoms with Crippen LogP contribution in [0.1, 0.15) is 65.0 Å². The van der Waals surface area contributed by atoms with Crippen LogP contribution in [0.25, 0.3) is 10.9 Å². The molecular formula is C31H30F3N7O4. The fourth-order valence-electron chi connectivity index (χ4n) is 5.73. The largest absolute Gasteiger partial charge is 0.494 e. The number of hydrogen-bond acceptors (Lipinski definition) is 8. The summed E-state index contributed by atoms with van der Waals surface area (Å²) < 4.78 is 45.9. The number of carbonyl (C=O) groups excluding carboxylic acids is 3. The third-order valence-corrected chi connectivity index (χ3v) is 8.21. The van der Waals surface area contributed by atoms with Crippen LogP contribution in [0.15, 0.2) is 55.0 Å². The molecule has 1 unspecified atom stereocenters. The normalized spacial score (nSPS) is 18.2. The smallest absolute Gasteiger partial charge is 0.433 e. The summed E-state index contributed by atoms with van der Waals surface area (Å²) in [6, 6.07) is 9.30. The second kappa shape index (κ2) is 12.3. The first-order valence-electron chi connectivity index (χ1n) is 14.5. The number of carbonyl (C=O) groups is 3. The number of anilines is 1. The molecule has 0 aliphatic carbocycles. The van der Waals surface area contributed by atoms with Gasteiger partial charge in [0, 0.05) is 56.1 Å². The fourth-order valence-corrected chi connectivity index (χ4v) is 5.73. The summed E-state index contributed by atoms with van der Waals surface area (Å²) in [4.78, 5) is 46.6. The molecule has 2 fully saturated rings. The van der Waals surface area contributed by atoms with Crippen molar-refractivity contribution < 1.29 is 32.3 Å². The highest BCUT2D eigenvalue weighted by Gasteiger charge is 2.32. The molecule has 3 aromatic heterocycles. The third-order valence-electron chi connectivity index (χ3n) is 8.21. The van der Waals surface area contributed by atoms with Crippen LogP contribution in [0.4, 0.5) is 18.9 Å². The molecular weight excluding hydrogens is 591 g/mol. The minimum atomic E-state index is -4.59. The maximum Gasteiger partial charge on any atom is 0.433 e. The molecule has 3 amide bonds. The zero-order chi connectivity index (χ0) is 31.7. The maximum atomic E-state index is 12.8. The van der Waals surface area contributed by atoms with Crippen LogP contribution in [-0.4, -0.2) is 62.6 Å². The molecule has 234 valence electrons. The number of alkyl halides is 3. The van der Waals surface area contributed by atoms with Gasteiger partial charge < -0.3 is 10.1 Å². The number of methoxy groups -OCH3 is 1. The van der Waals surface area contributed by atoms with Gasteiger partial charge in [-0.15, -0.1) is 0 Å². The van der Waals surface area contributed by atoms with Gasteiger partial charge in [0.05, 0.1) is 41.5 Å². The summed E-state index contributed by atoms with van der Waals surface area (Å²) in [7, 11) is 1.46. The number of benzene rings is 1. The first kappa shape index (κ1) is 30.2. The van der Waals surface area contributed by atoms with E-state index in [4.69, 9.17) is 9.84 Å². The van der Waals surface area contributed by atoms with Gasteiger partial charge in [-0.05, 0) is 49.1 Å². The van der Waals surface area contributed by atoms with E-state index in [0.29, 0.717) is 36.3 Å². The zero-order valence-electron chi connectivity index (χ0n) is 24.3. The van der Waals surface area contributed by atoms with Crippen molar-refractivity contribution in [1.29, 1.82) is 0 Å². The number of amides is 3. The number of nitrogens with zero attached hydrogens (tertiary/aromatic N) is 5. The van der Waals surface area contributed by atoms with Gasteiger partial charge in [-0.2, -0.15) is 18.3 Å². The minimum Gasteiger partial charge on any atom is -0.494 e. The summed E-state index contributed by atoms with van der Waals surface area (Å²) in [5.74, 6) is -1.11. The van der Waals surface area contributed by atoms with Crippen molar-refractivity contribution >= 4 is 34.3 Å². The van der Waals surface area contributed by atoms with Crippen molar-refractivity contribution in [3.63, 3.8) is 0 Å². The number of pyridine rings is 2. The molecule has 0 bridgehead atoms. The Kier molecular flexibility index (Phi) is 8.23. The van der Waals surface area contributed by atoms with Crippen molar-refractivity contribution in [3.05, 3.63) is 77.5 Å². The Labute approximate surface area is 255 Å². The Morgan fingerprint density at radius 1 is 1.07 bits per heavy atom. The Morgan fingerprint density at radius 3 is 2.51 bits per heavy atom. The maximum absolute atomic E-state index is 12.8. The second-order valence-electron chi connectivity index (χ2n) is 11.2. The van der Waals surface area contributed by atoms with Crippen molar-refractivity contribution in [2.45, 2.75) is 50.4 Å². The number of piperidine rings is 2. The Bertz CT molecular complexity index is 1730. The standard InChI is InChI=1S/C31H30F3N7O4/c1-45-26-13-24-20(12-25(26)37-29(43)19-3-6-27(36-15-19)31(32,33)34)16-41(39-24)22-8-10-40(11-9-22)17-21-4-2-18(14-35-21)23-5-7-28(42)38-30(23)44/h2-4,6,12-16,22-23H,5,7-11,17H2,1H3,(H,37,43)(H,38,42,44). The summed E-state index contributed by atoms with van der Waals surface area (Å²) in [6.07, 6.45) is 2.49. The first-order valence-corrected chi connectivity index (χ1v) is 14.5. The molecule has 0 saturated carbocycles. The number of halogens is 3. The lowest BCUT2D eigenvalue weighted by Gasteiger charge is -2.31. The lowest BCUT2D eigenvalue weighted by Crippen LogP contribution is -2.39. The zero-order valence-corrected chi connectivity index (χ0v) is 24.3. The van der Waals surface area contributed by atoms with E-state index in [-0.39, 0.29) is 29.3 Å². The van der Waals surface area contributed by atoms with Crippen LogP contribution < -0.4 is 15.4 Å². The molecule has 0 radical (unpaired) electrons. The summed E-state index contributed by atoms with van der Waals surface area (Å²) in [5.41, 5.74) is 1.66. The van der Waals surface area contributed by atoms with E-state index < -0.39 is 17.8 Å². The minimum absolute atomic E-state index is 0.0203. The molecule has 2 saturated heterocycles. The number of fused-ring (bicyclic) bond motifs is 1. The SMILES string of the molecule is COc1cc2nn(C3CCN(Cc4ccc(C5CCC(=O)NC5=O)cn4)CC3)cc2cc1NC(=O)c1ccc(C(F)(F)F)nc1. The van der Waals surface area contributed by atoms with Crippen molar-refractivity contribution in [3.8, 4) is 5.75 Å². The van der Waals surface area contributed by atoms with Gasteiger partial charge in [-0.1, -0.05) is 6.07 Å². The second-order valence-corrected chi connectivity index (χ2v) is 11.2. The number of hydrogen-bond donors (Lipinski definition) is 2. The highest BCUT2D eigenvalue weighted by Crippen LogP contribution is 2.33. The lowest BCUT2D eigenvalue weighted by atomic mass is 9.91. The van der Waals surface area contributed by atoms with E-state index in [1.807, 2.05) is 23.0 Å². The van der Waals surface area contributed by atoms with Gasteiger partial charge in [-0.3, -0.25) is 39.3 Å². The Balaban J connectivity index is 1.07. The summed E-state index contributed by atoms with van der Waals surface area (Å²) in [6.45, 7) is 2.35. The van der Waals surface area contributed by atoms with E-state index in [1.54, 1.807) is 18.3 Å². The molecule has 2 aliphatic heterocycles. The number of imide groups is 1. The van der Waals surface area contributed by atoms with Crippen LogP contribution in [0, 0.1) is 0 Å². The van der Waals surface area contributed by atoms with Gasteiger partial charge in [0.1, 0.15) is 11.4 Å². The van der Waals surface area contributed by atoms with Crippen molar-refractivity contribution in [1.82, 2.24) is 30.0 Å². The molecule has 0 spiro atoms. The van der Waals surface area contributed by atoms with Crippen LogP contribution in [0.2, 0.25) is 0 Å². The number of aromatic nitrogens is 4. The quantitative estimate of drug-likeness (QED) is 0.289. The van der Waals surface area contributed by atoms with Gasteiger partial charge >= 0.3 is 6.18 Å². The van der Waals surface area contributed by atoms with E-state index in [1.165, 1.54) is 7.11 Å². The molecule has 11 nitrogen and oxygen atoms in total. The Hall–Kier alpha value is -4.85. The number of rotatable bonds is 7. The fraction of sp³-hybridized carbons (Fsp3) is 0.355. The van der Waals surface area contributed by atoms with E-state index in [0.717, 1.165) is 60.9 Å².